The Labute approximate surface area is 68.8 Å². The number of aliphatic hydroxyl groups excluding tert-OH is 1. The van der Waals surface area contributed by atoms with Crippen LogP contribution in [-0.2, 0) is 4.74 Å². The van der Waals surface area contributed by atoms with Gasteiger partial charge in [0.1, 0.15) is 0 Å². The van der Waals surface area contributed by atoms with Crippen molar-refractivity contribution in [1.29, 1.82) is 0 Å². The molecule has 0 heterocycles. The fraction of sp³-hybridized carbons (Fsp3) is 1.00. The van der Waals surface area contributed by atoms with Crippen molar-refractivity contribution in [2.45, 2.75) is 25.9 Å². The molecule has 0 aromatic carbocycles. The number of nitrogens with one attached hydrogen (secondary N) is 1. The van der Waals surface area contributed by atoms with E-state index in [1.807, 2.05) is 20.9 Å². The zero-order valence-electron chi connectivity index (χ0n) is 7.68. The second kappa shape index (κ2) is 5.52. The molecule has 0 aliphatic carbocycles. The van der Waals surface area contributed by atoms with Gasteiger partial charge in [-0.1, -0.05) is 0 Å². The van der Waals surface area contributed by atoms with Crippen LogP contribution in [0, 0.1) is 0 Å². The van der Waals surface area contributed by atoms with Gasteiger partial charge in [0.25, 0.3) is 0 Å². The summed E-state index contributed by atoms with van der Waals surface area (Å²) in [6, 6.07) is 0. The molecule has 0 spiro atoms. The average molecular weight is 161 g/mol. The molecule has 3 heteroatoms. The van der Waals surface area contributed by atoms with Crippen molar-refractivity contribution < 1.29 is 9.84 Å². The number of hydrogen-bond donors (Lipinski definition) is 2. The zero-order chi connectivity index (χ0) is 8.74. The third-order valence-corrected chi connectivity index (χ3v) is 1.56. The van der Waals surface area contributed by atoms with Crippen LogP contribution in [-0.4, -0.2) is 37.5 Å². The molecule has 0 aliphatic rings. The van der Waals surface area contributed by atoms with Gasteiger partial charge in [0.2, 0.25) is 0 Å². The molecule has 11 heavy (non-hydrogen) atoms. The summed E-state index contributed by atoms with van der Waals surface area (Å²) in [7, 11) is 1.92. The smallest absolute Gasteiger partial charge is 0.0704 e. The molecule has 0 fully saturated rings. The molecule has 0 saturated carbocycles. The van der Waals surface area contributed by atoms with Crippen molar-refractivity contribution in [1.82, 2.24) is 5.32 Å². The zero-order valence-corrected chi connectivity index (χ0v) is 7.68. The van der Waals surface area contributed by atoms with E-state index >= 15 is 0 Å². The van der Waals surface area contributed by atoms with Crippen molar-refractivity contribution in [2.75, 3.05) is 26.8 Å². The lowest BCUT2D eigenvalue weighted by Crippen LogP contribution is -2.30. The minimum absolute atomic E-state index is 0.100. The van der Waals surface area contributed by atoms with Gasteiger partial charge < -0.3 is 15.2 Å². The topological polar surface area (TPSA) is 41.5 Å². The number of aliphatic hydroxyl groups is 1. The minimum Gasteiger partial charge on any atom is -0.394 e. The summed E-state index contributed by atoms with van der Waals surface area (Å²) >= 11 is 0. The Kier molecular flexibility index (Phi) is 5.46. The van der Waals surface area contributed by atoms with E-state index in [1.54, 1.807) is 0 Å². The average Bonchev–Trinajstić information content (AvgIpc) is 1.97. The van der Waals surface area contributed by atoms with Crippen LogP contribution >= 0.6 is 0 Å². The normalized spacial score (nSPS) is 12.0. The first-order valence-corrected chi connectivity index (χ1v) is 4.02. The quantitative estimate of drug-likeness (QED) is 0.592. The Morgan fingerprint density at radius 3 is 2.55 bits per heavy atom. The SMILES string of the molecule is CNCCC(C)(C)OCCO. The first-order valence-electron chi connectivity index (χ1n) is 4.02. The molecule has 0 aromatic rings. The second-order valence-electron chi connectivity index (χ2n) is 3.19. The summed E-state index contributed by atoms with van der Waals surface area (Å²) in [4.78, 5) is 0. The number of ether oxygens (including phenoxy) is 1. The summed E-state index contributed by atoms with van der Waals surface area (Å²) in [6.07, 6.45) is 0.962. The molecule has 0 bridgehead atoms. The van der Waals surface area contributed by atoms with Crippen molar-refractivity contribution in [3.63, 3.8) is 0 Å². The number of hydrogen-bond acceptors (Lipinski definition) is 3. The van der Waals surface area contributed by atoms with Gasteiger partial charge in [-0.15, -0.1) is 0 Å². The Hall–Kier alpha value is -0.120. The van der Waals surface area contributed by atoms with E-state index < -0.39 is 0 Å². The highest BCUT2D eigenvalue weighted by Crippen LogP contribution is 2.12. The fourth-order valence-electron chi connectivity index (χ4n) is 0.820. The predicted molar refractivity (Wildman–Crippen MR) is 45.7 cm³/mol. The van der Waals surface area contributed by atoms with E-state index in [1.165, 1.54) is 0 Å². The molecule has 0 aliphatic heterocycles. The monoisotopic (exact) mass is 161 g/mol. The van der Waals surface area contributed by atoms with E-state index in [-0.39, 0.29) is 12.2 Å². The van der Waals surface area contributed by atoms with E-state index in [4.69, 9.17) is 9.84 Å². The van der Waals surface area contributed by atoms with Crippen LogP contribution in [0.4, 0.5) is 0 Å². The van der Waals surface area contributed by atoms with Crippen molar-refractivity contribution in [2.24, 2.45) is 0 Å². The first-order chi connectivity index (χ1) is 5.12. The summed E-state index contributed by atoms with van der Waals surface area (Å²) in [5.74, 6) is 0. The molecule has 0 saturated heterocycles. The molecular formula is C8H19NO2. The first kappa shape index (κ1) is 10.9. The lowest BCUT2D eigenvalue weighted by atomic mass is 10.1. The molecule has 2 N–H and O–H groups in total. The van der Waals surface area contributed by atoms with Gasteiger partial charge in [-0.05, 0) is 33.9 Å². The molecule has 0 aromatic heterocycles. The molecule has 0 rings (SSSR count). The molecule has 0 unspecified atom stereocenters. The molecular weight excluding hydrogens is 142 g/mol. The summed E-state index contributed by atoms with van der Waals surface area (Å²) in [5.41, 5.74) is -0.119. The maximum Gasteiger partial charge on any atom is 0.0704 e. The van der Waals surface area contributed by atoms with E-state index in [2.05, 4.69) is 5.32 Å². The van der Waals surface area contributed by atoms with Gasteiger partial charge in [-0.25, -0.2) is 0 Å². The second-order valence-corrected chi connectivity index (χ2v) is 3.19. The Balaban J connectivity index is 3.43. The largest absolute Gasteiger partial charge is 0.394 e. The maximum atomic E-state index is 8.51. The van der Waals surface area contributed by atoms with Crippen LogP contribution in [0.15, 0.2) is 0 Å². The van der Waals surface area contributed by atoms with Crippen molar-refractivity contribution in [3.05, 3.63) is 0 Å². The molecule has 68 valence electrons. The van der Waals surface area contributed by atoms with Gasteiger partial charge in [0, 0.05) is 0 Å². The van der Waals surface area contributed by atoms with Crippen LogP contribution in [0.1, 0.15) is 20.3 Å². The molecule has 0 radical (unpaired) electrons. The molecule has 0 atom stereocenters. The Morgan fingerprint density at radius 1 is 1.45 bits per heavy atom. The van der Waals surface area contributed by atoms with Crippen LogP contribution in [0.2, 0.25) is 0 Å². The molecule has 3 nitrogen and oxygen atoms in total. The van der Waals surface area contributed by atoms with Gasteiger partial charge in [0.05, 0.1) is 18.8 Å². The van der Waals surface area contributed by atoms with Crippen LogP contribution < -0.4 is 5.32 Å². The standard InChI is InChI=1S/C8H19NO2/c1-8(2,4-5-9-3)11-7-6-10/h9-10H,4-7H2,1-3H3. The summed E-state index contributed by atoms with van der Waals surface area (Å²) in [5, 5.41) is 11.6. The van der Waals surface area contributed by atoms with Gasteiger partial charge >= 0.3 is 0 Å². The Bertz CT molecular complexity index is 84.1. The van der Waals surface area contributed by atoms with Crippen molar-refractivity contribution >= 4 is 0 Å². The van der Waals surface area contributed by atoms with Gasteiger partial charge in [-0.3, -0.25) is 0 Å². The lowest BCUT2D eigenvalue weighted by molar-refractivity contribution is -0.0373. The number of rotatable bonds is 6. The lowest BCUT2D eigenvalue weighted by Gasteiger charge is -2.24. The third-order valence-electron chi connectivity index (χ3n) is 1.56. The Morgan fingerprint density at radius 2 is 2.09 bits per heavy atom. The highest BCUT2D eigenvalue weighted by atomic mass is 16.5. The fourth-order valence-corrected chi connectivity index (χ4v) is 0.820. The van der Waals surface area contributed by atoms with Gasteiger partial charge in [-0.2, -0.15) is 0 Å². The minimum atomic E-state index is -0.119. The van der Waals surface area contributed by atoms with Crippen LogP contribution in [0.3, 0.4) is 0 Å². The third kappa shape index (κ3) is 6.28. The van der Waals surface area contributed by atoms with Crippen LogP contribution in [0.5, 0.6) is 0 Å². The van der Waals surface area contributed by atoms with Gasteiger partial charge in [0.15, 0.2) is 0 Å². The highest BCUT2D eigenvalue weighted by molar-refractivity contribution is 4.68. The summed E-state index contributed by atoms with van der Waals surface area (Å²) in [6.45, 7) is 5.53. The predicted octanol–water partition coefficient (Wildman–Crippen LogP) is 0.383. The highest BCUT2D eigenvalue weighted by Gasteiger charge is 2.16. The van der Waals surface area contributed by atoms with Crippen molar-refractivity contribution in [3.8, 4) is 0 Å². The van der Waals surface area contributed by atoms with E-state index in [0.29, 0.717) is 6.61 Å². The molecule has 0 amide bonds. The van der Waals surface area contributed by atoms with Crippen LogP contribution in [0.25, 0.3) is 0 Å². The van der Waals surface area contributed by atoms with E-state index in [0.717, 1.165) is 13.0 Å². The van der Waals surface area contributed by atoms with E-state index in [9.17, 15) is 0 Å². The summed E-state index contributed by atoms with van der Waals surface area (Å²) < 4.78 is 5.39. The maximum absolute atomic E-state index is 8.51.